The Morgan fingerprint density at radius 1 is 1.18 bits per heavy atom. The Kier molecular flexibility index (Phi) is 5.15. The van der Waals surface area contributed by atoms with Gasteiger partial charge in [-0.2, -0.15) is 0 Å². The normalized spacial score (nSPS) is 12.3. The van der Waals surface area contributed by atoms with Gasteiger partial charge in [-0.1, -0.05) is 22.0 Å². The molecule has 0 aromatic heterocycles. The van der Waals surface area contributed by atoms with Crippen LogP contribution >= 0.6 is 15.9 Å². The van der Waals surface area contributed by atoms with Gasteiger partial charge < -0.3 is 14.9 Å². The average Bonchev–Trinajstić information content (AvgIpc) is 2.43. The highest BCUT2D eigenvalue weighted by Crippen LogP contribution is 2.25. The second kappa shape index (κ2) is 6.89. The summed E-state index contributed by atoms with van der Waals surface area (Å²) in [5.41, 5.74) is 0.688. The minimum atomic E-state index is -1.03. The lowest BCUT2D eigenvalue weighted by molar-refractivity contribution is -0.140. The van der Waals surface area contributed by atoms with Gasteiger partial charge in [-0.15, -0.1) is 0 Å². The monoisotopic (exact) mass is 366 g/mol. The summed E-state index contributed by atoms with van der Waals surface area (Å²) >= 11 is 3.38. The number of aromatic carboxylic acids is 1. The molecule has 2 aromatic rings. The number of fused-ring (bicyclic) bond motifs is 1. The molecule has 5 nitrogen and oxygen atoms in total. The summed E-state index contributed by atoms with van der Waals surface area (Å²) in [6.07, 6.45) is -0.612. The molecule has 22 heavy (non-hydrogen) atoms. The van der Waals surface area contributed by atoms with E-state index in [2.05, 4.69) is 15.9 Å². The molecule has 0 heterocycles. The van der Waals surface area contributed by atoms with E-state index in [9.17, 15) is 14.7 Å². The fraction of sp³-hybridized carbons (Fsp3) is 0.250. The van der Waals surface area contributed by atoms with Crippen LogP contribution in [0.25, 0.3) is 10.8 Å². The lowest BCUT2D eigenvalue weighted by Gasteiger charge is -2.13. The molecule has 2 aromatic carbocycles. The van der Waals surface area contributed by atoms with Crippen molar-refractivity contribution in [1.82, 2.24) is 0 Å². The lowest BCUT2D eigenvalue weighted by Crippen LogP contribution is -2.14. The van der Waals surface area contributed by atoms with Crippen molar-refractivity contribution in [2.45, 2.75) is 26.1 Å². The van der Waals surface area contributed by atoms with E-state index >= 15 is 0 Å². The van der Waals surface area contributed by atoms with E-state index in [-0.39, 0.29) is 18.6 Å². The summed E-state index contributed by atoms with van der Waals surface area (Å²) in [6.45, 7) is 1.70. The van der Waals surface area contributed by atoms with Crippen LogP contribution in [0.2, 0.25) is 0 Å². The zero-order chi connectivity index (χ0) is 16.3. The van der Waals surface area contributed by atoms with Crippen LogP contribution < -0.4 is 0 Å². The molecule has 0 radical (unpaired) electrons. The van der Waals surface area contributed by atoms with Gasteiger partial charge in [0.2, 0.25) is 0 Å². The summed E-state index contributed by atoms with van der Waals surface area (Å²) < 4.78 is 6.35. The number of ether oxygens (including phenoxy) is 1. The molecule has 0 fully saturated rings. The van der Waals surface area contributed by atoms with Gasteiger partial charge in [-0.25, -0.2) is 4.79 Å². The van der Waals surface area contributed by atoms with E-state index in [1.165, 1.54) is 0 Å². The molecule has 1 atom stereocenters. The van der Waals surface area contributed by atoms with Crippen molar-refractivity contribution in [2.24, 2.45) is 0 Å². The van der Waals surface area contributed by atoms with E-state index in [4.69, 9.17) is 9.84 Å². The molecule has 6 heteroatoms. The summed E-state index contributed by atoms with van der Waals surface area (Å²) in [4.78, 5) is 22.0. The average molecular weight is 367 g/mol. The Morgan fingerprint density at radius 3 is 2.55 bits per heavy atom. The number of hydrogen-bond donors (Lipinski definition) is 2. The molecule has 0 saturated carbocycles. The van der Waals surface area contributed by atoms with Crippen LogP contribution in [0.5, 0.6) is 0 Å². The lowest BCUT2D eigenvalue weighted by atomic mass is 10.0. The van der Waals surface area contributed by atoms with Gasteiger partial charge in [-0.3, -0.25) is 4.79 Å². The van der Waals surface area contributed by atoms with Crippen LogP contribution in [0.3, 0.4) is 0 Å². The van der Waals surface area contributed by atoms with Gasteiger partial charge in [-0.05, 0) is 47.5 Å². The minimum Gasteiger partial charge on any atom is -0.481 e. The second-order valence-corrected chi connectivity index (χ2v) is 5.94. The maximum absolute atomic E-state index is 11.4. The van der Waals surface area contributed by atoms with Crippen LogP contribution in [0, 0.1) is 0 Å². The first kappa shape index (κ1) is 16.5. The van der Waals surface area contributed by atoms with E-state index in [1.807, 2.05) is 18.2 Å². The first-order chi connectivity index (χ1) is 10.4. The SMILES string of the molecule is CC(CC(=O)O)OCc1cc2cc(Br)ccc2cc1C(=O)O. The summed E-state index contributed by atoms with van der Waals surface area (Å²) in [5.74, 6) is -1.98. The zero-order valence-electron chi connectivity index (χ0n) is 11.9. The number of benzene rings is 2. The van der Waals surface area contributed by atoms with Crippen LogP contribution in [0.1, 0.15) is 29.3 Å². The van der Waals surface area contributed by atoms with Gasteiger partial charge in [0.25, 0.3) is 0 Å². The maximum atomic E-state index is 11.4. The standard InChI is InChI=1S/C16H15BrO5/c1-9(4-15(18)19)22-8-12-5-11-6-13(17)3-2-10(11)7-14(12)16(20)21/h2-3,5-7,9H,4,8H2,1H3,(H,18,19)(H,20,21). The third kappa shape index (κ3) is 4.05. The Morgan fingerprint density at radius 2 is 1.91 bits per heavy atom. The molecule has 0 aliphatic carbocycles. The number of aliphatic carboxylic acids is 1. The zero-order valence-corrected chi connectivity index (χ0v) is 13.5. The predicted octanol–water partition coefficient (Wildman–Crippen LogP) is 3.68. The molecule has 0 spiro atoms. The third-order valence-electron chi connectivity index (χ3n) is 3.24. The Balaban J connectivity index is 2.31. The number of halogens is 1. The predicted molar refractivity (Wildman–Crippen MR) is 85.1 cm³/mol. The second-order valence-electron chi connectivity index (χ2n) is 5.03. The largest absolute Gasteiger partial charge is 0.481 e. The number of hydrogen-bond acceptors (Lipinski definition) is 3. The molecular formula is C16H15BrO5. The number of carboxylic acid groups (broad SMARTS) is 2. The molecule has 116 valence electrons. The highest BCUT2D eigenvalue weighted by molar-refractivity contribution is 9.10. The maximum Gasteiger partial charge on any atom is 0.336 e. The summed E-state index contributed by atoms with van der Waals surface area (Å²) in [7, 11) is 0. The molecule has 2 N–H and O–H groups in total. The molecule has 0 bridgehead atoms. The molecule has 1 unspecified atom stereocenters. The smallest absolute Gasteiger partial charge is 0.336 e. The van der Waals surface area contributed by atoms with Crippen molar-refractivity contribution in [3.63, 3.8) is 0 Å². The van der Waals surface area contributed by atoms with Crippen LogP contribution in [0.4, 0.5) is 0 Å². The van der Waals surface area contributed by atoms with E-state index < -0.39 is 18.0 Å². The first-order valence-electron chi connectivity index (χ1n) is 6.65. The van der Waals surface area contributed by atoms with Crippen molar-refractivity contribution < 1.29 is 24.5 Å². The quantitative estimate of drug-likeness (QED) is 0.814. The number of rotatable bonds is 6. The molecule has 2 rings (SSSR count). The van der Waals surface area contributed by atoms with Crippen molar-refractivity contribution in [3.8, 4) is 0 Å². The van der Waals surface area contributed by atoms with Gasteiger partial charge >= 0.3 is 11.9 Å². The first-order valence-corrected chi connectivity index (χ1v) is 7.45. The van der Waals surface area contributed by atoms with Gasteiger partial charge in [0.1, 0.15) is 0 Å². The van der Waals surface area contributed by atoms with Crippen LogP contribution in [0.15, 0.2) is 34.8 Å². The van der Waals surface area contributed by atoms with E-state index in [1.54, 1.807) is 19.1 Å². The molecular weight excluding hydrogens is 352 g/mol. The van der Waals surface area contributed by atoms with Gasteiger partial charge in [0.15, 0.2) is 0 Å². The molecule has 0 amide bonds. The highest BCUT2D eigenvalue weighted by Gasteiger charge is 2.14. The number of carbonyl (C=O) groups is 2. The highest BCUT2D eigenvalue weighted by atomic mass is 79.9. The van der Waals surface area contributed by atoms with Crippen molar-refractivity contribution in [1.29, 1.82) is 0 Å². The Bertz CT molecular complexity index is 726. The van der Waals surface area contributed by atoms with Crippen LogP contribution in [-0.2, 0) is 16.1 Å². The Hall–Kier alpha value is -1.92. The van der Waals surface area contributed by atoms with Crippen molar-refractivity contribution >= 4 is 38.6 Å². The molecule has 0 saturated heterocycles. The summed E-state index contributed by atoms with van der Waals surface area (Å²) in [5, 5.41) is 19.8. The molecule has 0 aliphatic rings. The fourth-order valence-corrected chi connectivity index (χ4v) is 2.55. The topological polar surface area (TPSA) is 83.8 Å². The van der Waals surface area contributed by atoms with Gasteiger partial charge in [0, 0.05) is 4.47 Å². The molecule has 0 aliphatic heterocycles. The van der Waals surface area contributed by atoms with E-state index in [0.717, 1.165) is 15.2 Å². The minimum absolute atomic E-state index is 0.0541. The van der Waals surface area contributed by atoms with Gasteiger partial charge in [0.05, 0.1) is 24.7 Å². The third-order valence-corrected chi connectivity index (χ3v) is 3.73. The van der Waals surface area contributed by atoms with E-state index in [0.29, 0.717) is 5.56 Å². The number of carboxylic acids is 2. The van der Waals surface area contributed by atoms with Crippen LogP contribution in [-0.4, -0.2) is 28.3 Å². The van der Waals surface area contributed by atoms with Crippen molar-refractivity contribution in [3.05, 3.63) is 45.9 Å². The summed E-state index contributed by atoms with van der Waals surface area (Å²) in [6, 6.07) is 8.94. The van der Waals surface area contributed by atoms with Crippen molar-refractivity contribution in [2.75, 3.05) is 0 Å². The Labute approximate surface area is 135 Å². The fourth-order valence-electron chi connectivity index (χ4n) is 2.17.